The molecule has 4 heterocycles. The second-order valence-corrected chi connectivity index (χ2v) is 5.64. The van der Waals surface area contributed by atoms with E-state index in [1.165, 1.54) is 0 Å². The average Bonchev–Trinajstić information content (AvgIpc) is 3.01. The molecule has 1 saturated heterocycles. The Hall–Kier alpha value is -2.54. The lowest BCUT2D eigenvalue weighted by Gasteiger charge is -2.27. The molecule has 4 rings (SSSR count). The molecule has 6 nitrogen and oxygen atoms in total. The van der Waals surface area contributed by atoms with E-state index in [1.54, 1.807) is 23.1 Å². The van der Waals surface area contributed by atoms with Gasteiger partial charge in [-0.25, -0.2) is 13.9 Å². The van der Waals surface area contributed by atoms with Gasteiger partial charge in [-0.1, -0.05) is 6.07 Å². The van der Waals surface area contributed by atoms with Gasteiger partial charge in [-0.2, -0.15) is 5.10 Å². The summed E-state index contributed by atoms with van der Waals surface area (Å²) in [6.07, 6.45) is 6.61. The van der Waals surface area contributed by atoms with E-state index in [0.717, 1.165) is 16.8 Å². The average molecular weight is 312 g/mol. The van der Waals surface area contributed by atoms with Gasteiger partial charge < -0.3 is 10.6 Å². The highest BCUT2D eigenvalue weighted by molar-refractivity contribution is 5.77. The van der Waals surface area contributed by atoms with E-state index in [2.05, 4.69) is 25.7 Å². The van der Waals surface area contributed by atoms with Gasteiger partial charge in [0.25, 0.3) is 0 Å². The maximum Gasteiger partial charge on any atom is 0.145 e. The van der Waals surface area contributed by atoms with Crippen LogP contribution in [-0.2, 0) is 0 Å². The minimum absolute atomic E-state index is 0.280. The zero-order valence-corrected chi connectivity index (χ0v) is 12.5. The van der Waals surface area contributed by atoms with E-state index >= 15 is 0 Å². The Morgan fingerprint density at radius 2 is 2.22 bits per heavy atom. The fourth-order valence-electron chi connectivity index (χ4n) is 2.86. The number of alkyl halides is 1. The third kappa shape index (κ3) is 2.75. The standard InChI is InChI=1S/C16H17FN6/c17-12-4-5-18-9-14(12)22-16-10-19-8-13(21-16)11-7-20-23-6-2-1-3-15(11)23/h1-3,6-8,10,12,14,18H,4-5,9H2,(H,21,22). The number of halogens is 1. The van der Waals surface area contributed by atoms with Crippen LogP contribution in [0.1, 0.15) is 6.42 Å². The van der Waals surface area contributed by atoms with Gasteiger partial charge >= 0.3 is 0 Å². The predicted molar refractivity (Wildman–Crippen MR) is 86.0 cm³/mol. The predicted octanol–water partition coefficient (Wildman–Crippen LogP) is 1.90. The number of pyridine rings is 1. The summed E-state index contributed by atoms with van der Waals surface area (Å²) in [6.45, 7) is 1.30. The molecular weight excluding hydrogens is 295 g/mol. The van der Waals surface area contributed by atoms with Crippen molar-refractivity contribution in [2.75, 3.05) is 18.4 Å². The van der Waals surface area contributed by atoms with Gasteiger partial charge in [0.1, 0.15) is 12.0 Å². The number of piperidine rings is 1. The van der Waals surface area contributed by atoms with Crippen LogP contribution in [0.3, 0.4) is 0 Å². The van der Waals surface area contributed by atoms with Crippen LogP contribution >= 0.6 is 0 Å². The summed E-state index contributed by atoms with van der Waals surface area (Å²) >= 11 is 0. The molecule has 3 aromatic heterocycles. The van der Waals surface area contributed by atoms with Crippen LogP contribution in [0.25, 0.3) is 16.8 Å². The first-order valence-corrected chi connectivity index (χ1v) is 7.67. The minimum Gasteiger partial charge on any atom is -0.362 e. The number of anilines is 1. The number of fused-ring (bicyclic) bond motifs is 1. The molecule has 0 saturated carbocycles. The number of rotatable bonds is 3. The Morgan fingerprint density at radius 3 is 3.13 bits per heavy atom. The molecule has 118 valence electrons. The van der Waals surface area contributed by atoms with Crippen LogP contribution in [0.5, 0.6) is 0 Å². The fraction of sp³-hybridized carbons (Fsp3) is 0.312. The van der Waals surface area contributed by atoms with Crippen LogP contribution in [0.2, 0.25) is 0 Å². The van der Waals surface area contributed by atoms with E-state index < -0.39 is 6.17 Å². The maximum atomic E-state index is 14.0. The van der Waals surface area contributed by atoms with E-state index in [1.807, 2.05) is 24.4 Å². The van der Waals surface area contributed by atoms with Crippen molar-refractivity contribution < 1.29 is 4.39 Å². The molecular formula is C16H17FN6. The normalized spacial score (nSPS) is 21.4. The minimum atomic E-state index is -0.876. The topological polar surface area (TPSA) is 67.1 Å². The summed E-state index contributed by atoms with van der Waals surface area (Å²) in [5.74, 6) is 0.578. The smallest absolute Gasteiger partial charge is 0.145 e. The fourth-order valence-corrected chi connectivity index (χ4v) is 2.86. The molecule has 0 bridgehead atoms. The Kier molecular flexibility index (Phi) is 3.63. The largest absolute Gasteiger partial charge is 0.362 e. The molecule has 2 unspecified atom stereocenters. The molecule has 2 atom stereocenters. The molecule has 23 heavy (non-hydrogen) atoms. The molecule has 0 aromatic carbocycles. The third-order valence-corrected chi connectivity index (χ3v) is 4.07. The van der Waals surface area contributed by atoms with Crippen molar-refractivity contribution in [2.45, 2.75) is 18.6 Å². The zero-order valence-electron chi connectivity index (χ0n) is 12.5. The molecule has 0 spiro atoms. The second-order valence-electron chi connectivity index (χ2n) is 5.64. The first-order chi connectivity index (χ1) is 11.3. The monoisotopic (exact) mass is 312 g/mol. The van der Waals surface area contributed by atoms with E-state index in [-0.39, 0.29) is 6.04 Å². The summed E-state index contributed by atoms with van der Waals surface area (Å²) in [7, 11) is 0. The van der Waals surface area contributed by atoms with Crippen molar-refractivity contribution in [3.8, 4) is 11.3 Å². The number of hydrogen-bond donors (Lipinski definition) is 2. The number of hydrogen-bond acceptors (Lipinski definition) is 5. The third-order valence-electron chi connectivity index (χ3n) is 4.07. The Labute approximate surface area is 132 Å². The SMILES string of the molecule is FC1CCNCC1Nc1cncc(-c2cnn3ccccc23)n1. The molecule has 7 heteroatoms. The summed E-state index contributed by atoms with van der Waals surface area (Å²) in [5.41, 5.74) is 2.58. The van der Waals surface area contributed by atoms with Gasteiger partial charge in [0.15, 0.2) is 0 Å². The van der Waals surface area contributed by atoms with Crippen LogP contribution in [0, 0.1) is 0 Å². The highest BCUT2D eigenvalue weighted by atomic mass is 19.1. The Bertz CT molecular complexity index is 817. The van der Waals surface area contributed by atoms with Gasteiger partial charge in [-0.3, -0.25) is 4.98 Å². The molecule has 1 aliphatic rings. The van der Waals surface area contributed by atoms with Crippen molar-refractivity contribution in [2.24, 2.45) is 0 Å². The van der Waals surface area contributed by atoms with Crippen molar-refractivity contribution >= 4 is 11.3 Å². The van der Waals surface area contributed by atoms with Crippen LogP contribution < -0.4 is 10.6 Å². The molecule has 0 aliphatic carbocycles. The van der Waals surface area contributed by atoms with Gasteiger partial charge in [-0.05, 0) is 25.1 Å². The van der Waals surface area contributed by atoms with E-state index in [0.29, 0.717) is 25.3 Å². The van der Waals surface area contributed by atoms with Gasteiger partial charge in [0, 0.05) is 18.3 Å². The maximum absolute atomic E-state index is 14.0. The molecule has 1 fully saturated rings. The number of nitrogens with zero attached hydrogens (tertiary/aromatic N) is 4. The molecule has 1 aliphatic heterocycles. The van der Waals surface area contributed by atoms with Gasteiger partial charge in [-0.15, -0.1) is 0 Å². The lowest BCUT2D eigenvalue weighted by Crippen LogP contribution is -2.46. The molecule has 2 N–H and O–H groups in total. The summed E-state index contributed by atoms with van der Waals surface area (Å²) < 4.78 is 15.7. The number of nitrogens with one attached hydrogen (secondary N) is 2. The highest BCUT2D eigenvalue weighted by Crippen LogP contribution is 2.23. The van der Waals surface area contributed by atoms with Crippen LogP contribution in [0.4, 0.5) is 10.2 Å². The molecule has 3 aromatic rings. The van der Waals surface area contributed by atoms with Crippen LogP contribution in [-0.4, -0.2) is 44.9 Å². The van der Waals surface area contributed by atoms with Crippen molar-refractivity contribution in [3.63, 3.8) is 0 Å². The van der Waals surface area contributed by atoms with Crippen molar-refractivity contribution in [3.05, 3.63) is 43.0 Å². The van der Waals surface area contributed by atoms with E-state index in [4.69, 9.17) is 0 Å². The molecule has 0 amide bonds. The first-order valence-electron chi connectivity index (χ1n) is 7.67. The quantitative estimate of drug-likeness (QED) is 0.773. The molecule has 0 radical (unpaired) electrons. The van der Waals surface area contributed by atoms with E-state index in [9.17, 15) is 4.39 Å². The van der Waals surface area contributed by atoms with Gasteiger partial charge in [0.05, 0.1) is 35.8 Å². The summed E-state index contributed by atoms with van der Waals surface area (Å²) in [5, 5.41) is 10.6. The summed E-state index contributed by atoms with van der Waals surface area (Å²) in [4.78, 5) is 8.81. The summed E-state index contributed by atoms with van der Waals surface area (Å²) in [6, 6.07) is 5.58. The zero-order chi connectivity index (χ0) is 15.6. The lowest BCUT2D eigenvalue weighted by molar-refractivity contribution is 0.241. The van der Waals surface area contributed by atoms with Crippen molar-refractivity contribution in [1.82, 2.24) is 24.9 Å². The highest BCUT2D eigenvalue weighted by Gasteiger charge is 2.24. The first kappa shape index (κ1) is 14.1. The van der Waals surface area contributed by atoms with Gasteiger partial charge in [0.2, 0.25) is 0 Å². The lowest BCUT2D eigenvalue weighted by atomic mass is 10.1. The number of aromatic nitrogens is 4. The van der Waals surface area contributed by atoms with Crippen molar-refractivity contribution in [1.29, 1.82) is 0 Å². The Morgan fingerprint density at radius 1 is 1.26 bits per heavy atom. The van der Waals surface area contributed by atoms with Crippen LogP contribution in [0.15, 0.2) is 43.0 Å². The Balaban J connectivity index is 1.63. The second kappa shape index (κ2) is 5.92.